The Bertz CT molecular complexity index is 1370. The topological polar surface area (TPSA) is 70.8 Å². The molecule has 1 fully saturated rings. The summed E-state index contributed by atoms with van der Waals surface area (Å²) < 4.78 is 32.8. The molecule has 0 spiro atoms. The summed E-state index contributed by atoms with van der Waals surface area (Å²) in [5, 5.41) is 0.796. The average molecular weight is 492 g/mol. The van der Waals surface area contributed by atoms with Crippen molar-refractivity contribution in [1.29, 1.82) is 0 Å². The second-order valence-electron chi connectivity index (χ2n) is 8.75. The number of aryl methyl sites for hydroxylation is 2. The number of ether oxygens (including phenoxy) is 3. The standard InChI is InChI=1S/C28H26FNO4S/c1-16-13-18(29)14-17(2)25(16)26(31)28-27(34-20-8-6-19(30)7-9-20)22-11-10-21(15-23(22)35-28)33-24-5-3-4-12-32-24/h6-11,13-15,24H,3-5,12,30H2,1-2H3. The van der Waals surface area contributed by atoms with Crippen LogP contribution >= 0.6 is 11.3 Å². The van der Waals surface area contributed by atoms with Crippen molar-refractivity contribution < 1.29 is 23.4 Å². The molecule has 0 amide bonds. The van der Waals surface area contributed by atoms with E-state index in [-0.39, 0.29) is 17.9 Å². The molecule has 4 aromatic rings. The van der Waals surface area contributed by atoms with Crippen molar-refractivity contribution in [3.8, 4) is 17.2 Å². The van der Waals surface area contributed by atoms with E-state index in [1.54, 1.807) is 38.1 Å². The number of benzene rings is 3. The second-order valence-corrected chi connectivity index (χ2v) is 9.80. The molecule has 1 atom stereocenters. The number of carbonyl (C=O) groups is 1. The molecule has 0 saturated carbocycles. The molecular formula is C28H26FNO4S. The fourth-order valence-corrected chi connectivity index (χ4v) is 5.47. The molecule has 3 aromatic carbocycles. The van der Waals surface area contributed by atoms with Crippen LogP contribution in [-0.4, -0.2) is 18.7 Å². The smallest absolute Gasteiger partial charge is 0.207 e. The molecule has 0 radical (unpaired) electrons. The lowest BCUT2D eigenvalue weighted by Crippen LogP contribution is -2.24. The zero-order valence-electron chi connectivity index (χ0n) is 19.6. The van der Waals surface area contributed by atoms with Crippen LogP contribution in [0.1, 0.15) is 45.6 Å². The Balaban J connectivity index is 1.58. The van der Waals surface area contributed by atoms with E-state index in [9.17, 15) is 9.18 Å². The first-order chi connectivity index (χ1) is 16.9. The highest BCUT2D eigenvalue weighted by Crippen LogP contribution is 2.43. The first-order valence-electron chi connectivity index (χ1n) is 11.6. The molecule has 0 aliphatic carbocycles. The Morgan fingerprint density at radius 2 is 1.74 bits per heavy atom. The zero-order valence-corrected chi connectivity index (χ0v) is 20.4. The number of thiophene rings is 1. The van der Waals surface area contributed by atoms with Gasteiger partial charge < -0.3 is 19.9 Å². The van der Waals surface area contributed by atoms with Gasteiger partial charge in [0.1, 0.15) is 22.2 Å². The summed E-state index contributed by atoms with van der Waals surface area (Å²) in [6, 6.07) is 15.5. The maximum atomic E-state index is 13.9. The minimum absolute atomic E-state index is 0.204. The summed E-state index contributed by atoms with van der Waals surface area (Å²) in [4.78, 5) is 14.2. The van der Waals surface area contributed by atoms with Gasteiger partial charge >= 0.3 is 0 Å². The summed E-state index contributed by atoms with van der Waals surface area (Å²) in [6.45, 7) is 4.18. The number of ketones is 1. The van der Waals surface area contributed by atoms with Crippen LogP contribution in [0, 0.1) is 19.7 Å². The van der Waals surface area contributed by atoms with Crippen LogP contribution in [0.5, 0.6) is 17.2 Å². The van der Waals surface area contributed by atoms with Crippen LogP contribution < -0.4 is 15.2 Å². The minimum Gasteiger partial charge on any atom is -0.465 e. The van der Waals surface area contributed by atoms with Gasteiger partial charge in [0.25, 0.3) is 0 Å². The summed E-state index contributed by atoms with van der Waals surface area (Å²) in [7, 11) is 0. The van der Waals surface area contributed by atoms with E-state index in [2.05, 4.69) is 0 Å². The molecule has 1 aliphatic rings. The SMILES string of the molecule is Cc1cc(F)cc(C)c1C(=O)c1sc2cc(OC3CCCCO3)ccc2c1Oc1ccc(N)cc1. The molecular weight excluding hydrogens is 465 g/mol. The van der Waals surface area contributed by atoms with Crippen LogP contribution in [0.2, 0.25) is 0 Å². The molecule has 180 valence electrons. The number of nitrogen functional groups attached to an aromatic ring is 1. The van der Waals surface area contributed by atoms with Gasteiger partial charge in [0.05, 0.1) is 6.61 Å². The van der Waals surface area contributed by atoms with Crippen molar-refractivity contribution in [2.45, 2.75) is 39.4 Å². The predicted octanol–water partition coefficient (Wildman–Crippen LogP) is 7.17. The number of rotatable bonds is 6. The Labute approximate surface area is 207 Å². The van der Waals surface area contributed by atoms with Crippen LogP contribution in [0.25, 0.3) is 10.1 Å². The first kappa shape index (κ1) is 23.3. The van der Waals surface area contributed by atoms with Crippen molar-refractivity contribution in [3.05, 3.63) is 82.0 Å². The van der Waals surface area contributed by atoms with E-state index in [0.717, 1.165) is 29.3 Å². The van der Waals surface area contributed by atoms with E-state index in [1.165, 1.54) is 23.5 Å². The van der Waals surface area contributed by atoms with Gasteiger partial charge in [-0.3, -0.25) is 4.79 Å². The van der Waals surface area contributed by atoms with E-state index >= 15 is 0 Å². The van der Waals surface area contributed by atoms with Crippen molar-refractivity contribution in [2.24, 2.45) is 0 Å². The van der Waals surface area contributed by atoms with Crippen LogP contribution in [0.3, 0.4) is 0 Å². The maximum Gasteiger partial charge on any atom is 0.207 e. The van der Waals surface area contributed by atoms with Gasteiger partial charge in [-0.25, -0.2) is 4.39 Å². The van der Waals surface area contributed by atoms with Crippen molar-refractivity contribution >= 4 is 32.9 Å². The molecule has 5 rings (SSSR count). The lowest BCUT2D eigenvalue weighted by Gasteiger charge is -2.23. The van der Waals surface area contributed by atoms with Crippen LogP contribution in [0.15, 0.2) is 54.6 Å². The average Bonchev–Trinajstić information content (AvgIpc) is 3.18. The lowest BCUT2D eigenvalue weighted by molar-refractivity contribution is -0.105. The molecule has 1 aliphatic heterocycles. The fraction of sp³-hybridized carbons (Fsp3) is 0.250. The number of hydrogen-bond donors (Lipinski definition) is 1. The van der Waals surface area contributed by atoms with Crippen LogP contribution in [0.4, 0.5) is 10.1 Å². The first-order valence-corrected chi connectivity index (χ1v) is 12.4. The molecule has 1 saturated heterocycles. The summed E-state index contributed by atoms with van der Waals surface area (Å²) in [5.74, 6) is 1.14. The Morgan fingerprint density at radius 3 is 2.43 bits per heavy atom. The van der Waals surface area contributed by atoms with Gasteiger partial charge in [-0.15, -0.1) is 11.3 Å². The Morgan fingerprint density at radius 1 is 1.03 bits per heavy atom. The predicted molar refractivity (Wildman–Crippen MR) is 136 cm³/mol. The number of carbonyl (C=O) groups excluding carboxylic acids is 1. The Hall–Kier alpha value is -3.42. The van der Waals surface area contributed by atoms with Gasteiger partial charge in [0, 0.05) is 27.8 Å². The molecule has 2 heterocycles. The summed E-state index contributed by atoms with van der Waals surface area (Å²) in [6.07, 6.45) is 2.70. The van der Waals surface area contributed by atoms with Crippen molar-refractivity contribution in [1.82, 2.24) is 0 Å². The molecule has 1 aromatic heterocycles. The van der Waals surface area contributed by atoms with E-state index in [1.807, 2.05) is 18.2 Å². The molecule has 2 N–H and O–H groups in total. The van der Waals surface area contributed by atoms with Gasteiger partial charge in [-0.2, -0.15) is 0 Å². The molecule has 7 heteroatoms. The molecule has 5 nitrogen and oxygen atoms in total. The van der Waals surface area contributed by atoms with Gasteiger partial charge in [-0.05, 0) is 92.4 Å². The van der Waals surface area contributed by atoms with E-state index < -0.39 is 0 Å². The van der Waals surface area contributed by atoms with Crippen LogP contribution in [-0.2, 0) is 4.74 Å². The highest BCUT2D eigenvalue weighted by Gasteiger charge is 2.25. The minimum atomic E-state index is -0.363. The largest absolute Gasteiger partial charge is 0.465 e. The fourth-order valence-electron chi connectivity index (χ4n) is 4.37. The third-order valence-corrected chi connectivity index (χ3v) is 7.18. The number of anilines is 1. The third-order valence-electron chi connectivity index (χ3n) is 6.05. The lowest BCUT2D eigenvalue weighted by atomic mass is 9.97. The number of hydrogen-bond acceptors (Lipinski definition) is 6. The molecule has 1 unspecified atom stereocenters. The van der Waals surface area contributed by atoms with Gasteiger partial charge in [0.2, 0.25) is 5.78 Å². The summed E-state index contributed by atoms with van der Waals surface area (Å²) >= 11 is 1.33. The Kier molecular flexibility index (Phi) is 6.45. The molecule has 35 heavy (non-hydrogen) atoms. The monoisotopic (exact) mass is 491 g/mol. The quantitative estimate of drug-likeness (QED) is 0.229. The number of fused-ring (bicyclic) bond motifs is 1. The third kappa shape index (κ3) is 4.88. The van der Waals surface area contributed by atoms with Crippen molar-refractivity contribution in [2.75, 3.05) is 12.3 Å². The van der Waals surface area contributed by atoms with Gasteiger partial charge in [-0.1, -0.05) is 0 Å². The maximum absolute atomic E-state index is 13.9. The normalized spacial score (nSPS) is 15.8. The van der Waals surface area contributed by atoms with E-state index in [4.69, 9.17) is 19.9 Å². The summed E-state index contributed by atoms with van der Waals surface area (Å²) in [5.41, 5.74) is 8.09. The second kappa shape index (κ2) is 9.68. The highest BCUT2D eigenvalue weighted by molar-refractivity contribution is 7.21. The van der Waals surface area contributed by atoms with Crippen molar-refractivity contribution in [3.63, 3.8) is 0 Å². The zero-order chi connectivity index (χ0) is 24.5. The van der Waals surface area contributed by atoms with Gasteiger partial charge in [0.15, 0.2) is 12.0 Å². The number of nitrogens with two attached hydrogens (primary N) is 1. The van der Waals surface area contributed by atoms with E-state index in [0.29, 0.717) is 51.1 Å². The molecule has 0 bridgehead atoms. The highest BCUT2D eigenvalue weighted by atomic mass is 32.1. The number of halogens is 1.